The van der Waals surface area contributed by atoms with Crippen molar-refractivity contribution in [3.8, 4) is 11.5 Å². The van der Waals surface area contributed by atoms with Crippen LogP contribution in [0.4, 0.5) is 13.2 Å². The van der Waals surface area contributed by atoms with Crippen LogP contribution in [-0.2, 0) is 6.54 Å². The number of hydrogen-bond acceptors (Lipinski definition) is 2. The molecule has 6 heteroatoms. The lowest BCUT2D eigenvalue weighted by atomic mass is 10.2. The van der Waals surface area contributed by atoms with Crippen molar-refractivity contribution >= 4 is 15.9 Å². The zero-order chi connectivity index (χ0) is 14.0. The van der Waals surface area contributed by atoms with Crippen molar-refractivity contribution in [2.75, 3.05) is 0 Å². The van der Waals surface area contributed by atoms with E-state index in [0.717, 1.165) is 24.3 Å². The molecule has 0 aliphatic rings. The van der Waals surface area contributed by atoms with Gasteiger partial charge in [-0.15, -0.1) is 0 Å². The van der Waals surface area contributed by atoms with Crippen molar-refractivity contribution in [3.05, 3.63) is 57.8 Å². The maximum absolute atomic E-state index is 13.7. The minimum Gasteiger partial charge on any atom is -0.450 e. The van der Waals surface area contributed by atoms with Gasteiger partial charge in [0, 0.05) is 6.54 Å². The summed E-state index contributed by atoms with van der Waals surface area (Å²) in [4.78, 5) is 0. The molecule has 2 rings (SSSR count). The molecule has 2 N–H and O–H groups in total. The summed E-state index contributed by atoms with van der Waals surface area (Å²) in [5.74, 6) is -2.66. The van der Waals surface area contributed by atoms with E-state index in [4.69, 9.17) is 10.5 Å². The number of nitrogens with two attached hydrogens (primary N) is 1. The normalized spacial score (nSPS) is 10.6. The third-order valence-electron chi connectivity index (χ3n) is 2.40. The molecule has 0 atom stereocenters. The van der Waals surface area contributed by atoms with Crippen molar-refractivity contribution in [1.29, 1.82) is 0 Å². The van der Waals surface area contributed by atoms with E-state index < -0.39 is 23.2 Å². The van der Waals surface area contributed by atoms with Gasteiger partial charge in [0.2, 0.25) is 0 Å². The quantitative estimate of drug-likeness (QED) is 0.918. The van der Waals surface area contributed by atoms with Crippen molar-refractivity contribution in [1.82, 2.24) is 0 Å². The Balaban J connectivity index is 2.38. The van der Waals surface area contributed by atoms with Gasteiger partial charge in [0.15, 0.2) is 17.4 Å². The Labute approximate surface area is 116 Å². The second-order valence-electron chi connectivity index (χ2n) is 3.77. The van der Waals surface area contributed by atoms with Crippen LogP contribution >= 0.6 is 15.9 Å². The Morgan fingerprint density at radius 1 is 1.05 bits per heavy atom. The van der Waals surface area contributed by atoms with E-state index >= 15 is 0 Å². The van der Waals surface area contributed by atoms with E-state index in [-0.39, 0.29) is 16.8 Å². The predicted molar refractivity (Wildman–Crippen MR) is 68.4 cm³/mol. The van der Waals surface area contributed by atoms with Crippen molar-refractivity contribution < 1.29 is 17.9 Å². The maximum Gasteiger partial charge on any atom is 0.198 e. The molecule has 0 aliphatic carbocycles. The molecule has 0 saturated heterocycles. The fraction of sp³-hybridized carbons (Fsp3) is 0.0769. The summed E-state index contributed by atoms with van der Waals surface area (Å²) in [6.07, 6.45) is 0. The highest BCUT2D eigenvalue weighted by atomic mass is 79.9. The standard InChI is InChI=1S/C13H9BrF3NO/c14-9-5-8(15)1-2-12(9)19-13-10(16)3-7(6-18)4-11(13)17/h1-5H,6,18H2. The minimum absolute atomic E-state index is 0.0222. The van der Waals surface area contributed by atoms with Crippen LogP contribution in [0.15, 0.2) is 34.8 Å². The summed E-state index contributed by atoms with van der Waals surface area (Å²) in [5, 5.41) is 0. The van der Waals surface area contributed by atoms with Gasteiger partial charge in [0.25, 0.3) is 0 Å². The van der Waals surface area contributed by atoms with E-state index in [9.17, 15) is 13.2 Å². The molecule has 0 heterocycles. The Kier molecular flexibility index (Phi) is 4.11. The largest absolute Gasteiger partial charge is 0.450 e. The molecule has 0 amide bonds. The molecular weight excluding hydrogens is 323 g/mol. The van der Waals surface area contributed by atoms with Gasteiger partial charge in [-0.05, 0) is 51.8 Å². The maximum atomic E-state index is 13.7. The first-order valence-electron chi connectivity index (χ1n) is 5.32. The molecular formula is C13H9BrF3NO. The number of halogens is 4. The molecule has 0 spiro atoms. The second kappa shape index (κ2) is 5.63. The predicted octanol–water partition coefficient (Wildman–Crippen LogP) is 4.12. The average Bonchev–Trinajstić information content (AvgIpc) is 2.35. The van der Waals surface area contributed by atoms with Gasteiger partial charge >= 0.3 is 0 Å². The number of hydrogen-bond donors (Lipinski definition) is 1. The zero-order valence-corrected chi connectivity index (χ0v) is 11.2. The smallest absolute Gasteiger partial charge is 0.198 e. The first kappa shape index (κ1) is 13.9. The molecule has 2 aromatic carbocycles. The Morgan fingerprint density at radius 3 is 2.21 bits per heavy atom. The molecule has 100 valence electrons. The zero-order valence-electron chi connectivity index (χ0n) is 9.59. The number of rotatable bonds is 3. The van der Waals surface area contributed by atoms with Crippen LogP contribution in [0, 0.1) is 17.5 Å². The highest BCUT2D eigenvalue weighted by Crippen LogP contribution is 2.33. The fourth-order valence-electron chi connectivity index (χ4n) is 1.50. The lowest BCUT2D eigenvalue weighted by Gasteiger charge is -2.10. The fourth-order valence-corrected chi connectivity index (χ4v) is 1.93. The summed E-state index contributed by atoms with van der Waals surface area (Å²) in [5.41, 5.74) is 5.63. The number of benzene rings is 2. The van der Waals surface area contributed by atoms with Gasteiger partial charge in [-0.2, -0.15) is 0 Å². The summed E-state index contributed by atoms with van der Waals surface area (Å²) < 4.78 is 45.6. The lowest BCUT2D eigenvalue weighted by molar-refractivity contribution is 0.404. The van der Waals surface area contributed by atoms with Crippen LogP contribution in [-0.4, -0.2) is 0 Å². The van der Waals surface area contributed by atoms with Gasteiger partial charge in [0.05, 0.1) is 4.47 Å². The molecule has 0 bridgehead atoms. The molecule has 2 aromatic rings. The molecule has 2 nitrogen and oxygen atoms in total. The van der Waals surface area contributed by atoms with E-state index in [1.807, 2.05) is 0 Å². The topological polar surface area (TPSA) is 35.2 Å². The molecule has 0 aromatic heterocycles. The summed E-state index contributed by atoms with van der Waals surface area (Å²) in [6.45, 7) is 0.0222. The molecule has 0 fully saturated rings. The van der Waals surface area contributed by atoms with Gasteiger partial charge in [-0.1, -0.05) is 0 Å². The SMILES string of the molecule is NCc1cc(F)c(Oc2ccc(F)cc2Br)c(F)c1. The first-order valence-corrected chi connectivity index (χ1v) is 6.11. The van der Waals surface area contributed by atoms with E-state index in [1.54, 1.807) is 0 Å². The monoisotopic (exact) mass is 331 g/mol. The number of ether oxygens (including phenoxy) is 1. The Hall–Kier alpha value is -1.53. The van der Waals surface area contributed by atoms with Gasteiger partial charge in [-0.3, -0.25) is 0 Å². The Morgan fingerprint density at radius 2 is 1.68 bits per heavy atom. The van der Waals surface area contributed by atoms with Crippen LogP contribution in [0.3, 0.4) is 0 Å². The van der Waals surface area contributed by atoms with Gasteiger partial charge < -0.3 is 10.5 Å². The van der Waals surface area contributed by atoms with Crippen molar-refractivity contribution in [2.24, 2.45) is 5.73 Å². The lowest BCUT2D eigenvalue weighted by Crippen LogP contribution is -2.00. The van der Waals surface area contributed by atoms with E-state index in [0.29, 0.717) is 5.56 Å². The van der Waals surface area contributed by atoms with Crippen LogP contribution < -0.4 is 10.5 Å². The minimum atomic E-state index is -0.864. The molecule has 19 heavy (non-hydrogen) atoms. The average molecular weight is 332 g/mol. The van der Waals surface area contributed by atoms with E-state index in [2.05, 4.69) is 15.9 Å². The van der Waals surface area contributed by atoms with Gasteiger partial charge in [-0.25, -0.2) is 13.2 Å². The summed E-state index contributed by atoms with van der Waals surface area (Å²) in [6, 6.07) is 5.73. The van der Waals surface area contributed by atoms with Crippen LogP contribution in [0.2, 0.25) is 0 Å². The molecule has 0 saturated carbocycles. The summed E-state index contributed by atoms with van der Waals surface area (Å²) in [7, 11) is 0. The van der Waals surface area contributed by atoms with Crippen LogP contribution in [0.5, 0.6) is 11.5 Å². The van der Waals surface area contributed by atoms with Crippen LogP contribution in [0.1, 0.15) is 5.56 Å². The summed E-state index contributed by atoms with van der Waals surface area (Å²) >= 11 is 3.05. The second-order valence-corrected chi connectivity index (χ2v) is 4.62. The van der Waals surface area contributed by atoms with Crippen molar-refractivity contribution in [2.45, 2.75) is 6.54 Å². The van der Waals surface area contributed by atoms with Gasteiger partial charge in [0.1, 0.15) is 11.6 Å². The molecule has 0 aliphatic heterocycles. The van der Waals surface area contributed by atoms with Crippen molar-refractivity contribution in [3.63, 3.8) is 0 Å². The molecule has 0 radical (unpaired) electrons. The molecule has 0 unspecified atom stereocenters. The van der Waals surface area contributed by atoms with E-state index in [1.165, 1.54) is 6.07 Å². The highest BCUT2D eigenvalue weighted by molar-refractivity contribution is 9.10. The third-order valence-corrected chi connectivity index (χ3v) is 3.02. The van der Waals surface area contributed by atoms with Crippen LogP contribution in [0.25, 0.3) is 0 Å². The first-order chi connectivity index (χ1) is 9.01. The third kappa shape index (κ3) is 3.08. The highest BCUT2D eigenvalue weighted by Gasteiger charge is 2.15. The Bertz CT molecular complexity index is 596.